The zero-order chi connectivity index (χ0) is 13.8. The Balaban J connectivity index is 2.57. The second-order valence-electron chi connectivity index (χ2n) is 3.71. The van der Waals surface area contributed by atoms with Crippen molar-refractivity contribution in [3.63, 3.8) is 0 Å². The maximum Gasteiger partial charge on any atom is 0.338 e. The smallest absolute Gasteiger partial charge is 0.338 e. The fraction of sp³-hybridized carbons (Fsp3) is 0.231. The number of ether oxygens (including phenoxy) is 2. The van der Waals surface area contributed by atoms with Gasteiger partial charge in [0.15, 0.2) is 0 Å². The Kier molecular flexibility index (Phi) is 3.70. The molecule has 0 amide bonds. The molecule has 1 aromatic carbocycles. The van der Waals surface area contributed by atoms with Gasteiger partial charge in [-0.3, -0.25) is 0 Å². The van der Waals surface area contributed by atoms with Crippen molar-refractivity contribution in [1.29, 1.82) is 0 Å². The van der Waals surface area contributed by atoms with E-state index in [0.717, 1.165) is 0 Å². The van der Waals surface area contributed by atoms with Crippen molar-refractivity contribution in [1.82, 2.24) is 5.16 Å². The van der Waals surface area contributed by atoms with Gasteiger partial charge >= 0.3 is 5.97 Å². The molecule has 1 heterocycles. The molecule has 0 atom stereocenters. The molecule has 1 N–H and O–H groups in total. The van der Waals surface area contributed by atoms with E-state index < -0.39 is 5.97 Å². The number of hydrogen-bond donors (Lipinski definition) is 1. The van der Waals surface area contributed by atoms with Crippen LogP contribution in [0.2, 0.25) is 0 Å². The summed E-state index contributed by atoms with van der Waals surface area (Å²) in [6.45, 7) is 2.20. The Morgan fingerprint density at radius 3 is 2.84 bits per heavy atom. The Hall–Kier alpha value is -2.50. The number of rotatable bonds is 4. The molecule has 0 spiro atoms. The topological polar surface area (TPSA) is 81.8 Å². The van der Waals surface area contributed by atoms with E-state index in [2.05, 4.69) is 9.89 Å². The molecule has 6 heteroatoms. The molecule has 0 aliphatic heterocycles. The Bertz CT molecular complexity index is 577. The van der Waals surface area contributed by atoms with Crippen molar-refractivity contribution < 1.29 is 23.9 Å². The second-order valence-corrected chi connectivity index (χ2v) is 3.71. The third-order valence-corrected chi connectivity index (χ3v) is 2.52. The predicted molar refractivity (Wildman–Crippen MR) is 66.1 cm³/mol. The van der Waals surface area contributed by atoms with Crippen molar-refractivity contribution >= 4 is 5.97 Å². The molecule has 1 aromatic heterocycles. The first-order chi connectivity index (χ1) is 9.17. The van der Waals surface area contributed by atoms with Crippen molar-refractivity contribution in [2.45, 2.75) is 6.92 Å². The Morgan fingerprint density at radius 2 is 2.26 bits per heavy atom. The highest BCUT2D eigenvalue weighted by Crippen LogP contribution is 2.39. The SMILES string of the molecule is CCOc1cc(C(=O)OC)cc(O)c1-c1cnoc1. The van der Waals surface area contributed by atoms with Crippen LogP contribution >= 0.6 is 0 Å². The van der Waals surface area contributed by atoms with Gasteiger partial charge in [-0.2, -0.15) is 0 Å². The van der Waals surface area contributed by atoms with Gasteiger partial charge in [-0.15, -0.1) is 0 Å². The van der Waals surface area contributed by atoms with Crippen molar-refractivity contribution in [2.24, 2.45) is 0 Å². The van der Waals surface area contributed by atoms with Crippen molar-refractivity contribution in [3.8, 4) is 22.6 Å². The fourth-order valence-corrected chi connectivity index (χ4v) is 1.72. The van der Waals surface area contributed by atoms with Crippen LogP contribution in [0.4, 0.5) is 0 Å². The van der Waals surface area contributed by atoms with E-state index in [1.807, 2.05) is 0 Å². The van der Waals surface area contributed by atoms with Gasteiger partial charge in [-0.1, -0.05) is 5.16 Å². The van der Waals surface area contributed by atoms with Gasteiger partial charge in [0.1, 0.15) is 17.8 Å². The molecule has 0 aliphatic rings. The lowest BCUT2D eigenvalue weighted by Crippen LogP contribution is -2.03. The lowest BCUT2D eigenvalue weighted by Gasteiger charge is -2.12. The number of benzene rings is 1. The molecule has 0 saturated carbocycles. The van der Waals surface area contributed by atoms with Gasteiger partial charge in [-0.25, -0.2) is 4.79 Å². The lowest BCUT2D eigenvalue weighted by molar-refractivity contribution is 0.0600. The zero-order valence-electron chi connectivity index (χ0n) is 10.5. The van der Waals surface area contributed by atoms with E-state index >= 15 is 0 Å². The molecule has 2 rings (SSSR count). The second kappa shape index (κ2) is 5.43. The summed E-state index contributed by atoms with van der Waals surface area (Å²) in [5, 5.41) is 13.6. The predicted octanol–water partition coefficient (Wildman–Crippen LogP) is 2.23. The average Bonchev–Trinajstić information content (AvgIpc) is 2.91. The number of carbonyl (C=O) groups excluding carboxylic acids is 1. The molecule has 0 saturated heterocycles. The first-order valence-electron chi connectivity index (χ1n) is 5.65. The number of esters is 1. The Morgan fingerprint density at radius 1 is 1.47 bits per heavy atom. The quantitative estimate of drug-likeness (QED) is 0.852. The lowest BCUT2D eigenvalue weighted by atomic mass is 10.0. The number of aromatic hydroxyl groups is 1. The highest BCUT2D eigenvalue weighted by atomic mass is 16.5. The van der Waals surface area contributed by atoms with Crippen molar-refractivity contribution in [2.75, 3.05) is 13.7 Å². The van der Waals surface area contributed by atoms with E-state index in [1.165, 1.54) is 31.7 Å². The minimum atomic E-state index is -0.548. The first kappa shape index (κ1) is 12.9. The summed E-state index contributed by atoms with van der Waals surface area (Å²) in [5.74, 6) is -0.284. The van der Waals surface area contributed by atoms with E-state index in [9.17, 15) is 9.90 Å². The van der Waals surface area contributed by atoms with Crippen LogP contribution in [0.1, 0.15) is 17.3 Å². The zero-order valence-corrected chi connectivity index (χ0v) is 10.5. The molecule has 100 valence electrons. The highest BCUT2D eigenvalue weighted by Gasteiger charge is 2.18. The van der Waals surface area contributed by atoms with Crippen LogP contribution in [0.5, 0.6) is 11.5 Å². The summed E-state index contributed by atoms with van der Waals surface area (Å²) < 4.78 is 14.8. The number of phenols is 1. The minimum Gasteiger partial charge on any atom is -0.507 e. The summed E-state index contributed by atoms with van der Waals surface area (Å²) in [6, 6.07) is 2.83. The van der Waals surface area contributed by atoms with Crippen LogP contribution in [-0.4, -0.2) is 29.9 Å². The molecule has 0 aliphatic carbocycles. The summed E-state index contributed by atoms with van der Waals surface area (Å²) in [7, 11) is 1.27. The standard InChI is InChI=1S/C13H13NO5/c1-3-18-11-5-8(13(16)17-2)4-10(15)12(11)9-6-14-19-7-9/h4-7,15H,3H2,1-2H3. The van der Waals surface area contributed by atoms with Crippen LogP contribution in [0.15, 0.2) is 29.1 Å². The van der Waals surface area contributed by atoms with Crippen LogP contribution in [-0.2, 0) is 4.74 Å². The molecule has 6 nitrogen and oxygen atoms in total. The molecule has 2 aromatic rings. The maximum atomic E-state index is 11.5. The van der Waals surface area contributed by atoms with Crippen LogP contribution < -0.4 is 4.74 Å². The fourth-order valence-electron chi connectivity index (χ4n) is 1.72. The number of hydrogen-bond acceptors (Lipinski definition) is 6. The molecular weight excluding hydrogens is 250 g/mol. The first-order valence-corrected chi connectivity index (χ1v) is 5.65. The molecule has 0 fully saturated rings. The Labute approximate surface area is 109 Å². The molecule has 0 unspecified atom stereocenters. The number of methoxy groups -OCH3 is 1. The van der Waals surface area contributed by atoms with Gasteiger partial charge < -0.3 is 19.1 Å². The van der Waals surface area contributed by atoms with Gasteiger partial charge in [0.25, 0.3) is 0 Å². The average molecular weight is 263 g/mol. The third kappa shape index (κ3) is 2.52. The van der Waals surface area contributed by atoms with Gasteiger partial charge in [0, 0.05) is 5.56 Å². The monoisotopic (exact) mass is 263 g/mol. The van der Waals surface area contributed by atoms with Crippen molar-refractivity contribution in [3.05, 3.63) is 30.2 Å². The minimum absolute atomic E-state index is 0.102. The van der Waals surface area contributed by atoms with Crippen LogP contribution in [0, 0.1) is 0 Å². The number of nitrogens with zero attached hydrogens (tertiary/aromatic N) is 1. The normalized spacial score (nSPS) is 10.2. The van der Waals surface area contributed by atoms with E-state index in [-0.39, 0.29) is 11.3 Å². The maximum absolute atomic E-state index is 11.5. The molecule has 0 bridgehead atoms. The van der Waals surface area contributed by atoms with E-state index in [0.29, 0.717) is 23.5 Å². The number of carbonyl (C=O) groups is 1. The van der Waals surface area contributed by atoms with Crippen LogP contribution in [0.3, 0.4) is 0 Å². The van der Waals surface area contributed by atoms with E-state index in [4.69, 9.17) is 9.26 Å². The number of phenolic OH excluding ortho intramolecular Hbond substituents is 1. The molecule has 19 heavy (non-hydrogen) atoms. The van der Waals surface area contributed by atoms with Gasteiger partial charge in [0.05, 0.1) is 31.0 Å². The summed E-state index contributed by atoms with van der Waals surface area (Å²) in [4.78, 5) is 11.5. The van der Waals surface area contributed by atoms with Crippen LogP contribution in [0.25, 0.3) is 11.1 Å². The molecule has 0 radical (unpaired) electrons. The van der Waals surface area contributed by atoms with Gasteiger partial charge in [0.2, 0.25) is 0 Å². The summed E-state index contributed by atoms with van der Waals surface area (Å²) in [6.07, 6.45) is 2.84. The number of aromatic nitrogens is 1. The van der Waals surface area contributed by atoms with Gasteiger partial charge in [-0.05, 0) is 19.1 Å². The molecular formula is C13H13NO5. The summed E-state index contributed by atoms with van der Waals surface area (Å²) in [5.41, 5.74) is 1.21. The largest absolute Gasteiger partial charge is 0.507 e. The third-order valence-electron chi connectivity index (χ3n) is 2.52. The summed E-state index contributed by atoms with van der Waals surface area (Å²) >= 11 is 0. The highest BCUT2D eigenvalue weighted by molar-refractivity contribution is 5.92. The van der Waals surface area contributed by atoms with E-state index in [1.54, 1.807) is 6.92 Å².